The average molecular weight is 304 g/mol. The molecule has 0 amide bonds. The minimum absolute atomic E-state index is 0.239. The smallest absolute Gasteiger partial charge is 0.235 e. The first-order chi connectivity index (χ1) is 7.79. The largest absolute Gasteiger partial charge is 0.422 e. The third-order valence-corrected chi connectivity index (χ3v) is 2.86. The first-order valence-corrected chi connectivity index (χ1v) is 5.45. The van der Waals surface area contributed by atoms with Gasteiger partial charge < -0.3 is 0 Å². The van der Waals surface area contributed by atoms with Gasteiger partial charge in [0.05, 0.1) is 5.92 Å². The van der Waals surface area contributed by atoms with Crippen molar-refractivity contribution < 1.29 is 35.1 Å². The molecule has 9 heteroatoms. The molecule has 0 saturated heterocycles. The summed E-state index contributed by atoms with van der Waals surface area (Å²) < 4.78 is 98.4. The van der Waals surface area contributed by atoms with Gasteiger partial charge in [-0.15, -0.1) is 12.6 Å². The molecule has 0 nitrogen and oxygen atoms in total. The SMILES string of the molecule is CC(F)(CCCC(C(F)S)C(F)(F)F)C(F)(F)F. The van der Waals surface area contributed by atoms with E-state index in [1.54, 1.807) is 0 Å². The van der Waals surface area contributed by atoms with Gasteiger partial charge in [-0.25, -0.2) is 8.78 Å². The molecule has 0 heterocycles. The number of hydrogen-bond acceptors (Lipinski definition) is 1. The molecule has 0 spiro atoms. The van der Waals surface area contributed by atoms with Crippen molar-refractivity contribution in [3.05, 3.63) is 0 Å². The summed E-state index contributed by atoms with van der Waals surface area (Å²) in [7, 11) is 0. The van der Waals surface area contributed by atoms with E-state index in [1.807, 2.05) is 0 Å². The van der Waals surface area contributed by atoms with Crippen LogP contribution in [0.25, 0.3) is 0 Å². The van der Waals surface area contributed by atoms with E-state index in [0.29, 0.717) is 0 Å². The molecule has 0 aromatic rings. The number of hydrogen-bond donors (Lipinski definition) is 1. The maximum absolute atomic E-state index is 13.0. The lowest BCUT2D eigenvalue weighted by Gasteiger charge is -2.25. The Morgan fingerprint density at radius 1 is 1.00 bits per heavy atom. The van der Waals surface area contributed by atoms with E-state index < -0.39 is 48.7 Å². The Kier molecular flexibility index (Phi) is 5.76. The van der Waals surface area contributed by atoms with Crippen LogP contribution in [0.4, 0.5) is 35.1 Å². The highest BCUT2D eigenvalue weighted by Crippen LogP contribution is 2.40. The van der Waals surface area contributed by atoms with Crippen molar-refractivity contribution in [1.82, 2.24) is 0 Å². The van der Waals surface area contributed by atoms with Crippen LogP contribution < -0.4 is 0 Å². The number of halogens is 8. The molecular weight excluding hydrogens is 292 g/mol. The predicted octanol–water partition coefficient (Wildman–Crippen LogP) is 4.85. The first kappa shape index (κ1) is 17.8. The van der Waals surface area contributed by atoms with Crippen molar-refractivity contribution in [2.45, 2.75) is 49.7 Å². The number of alkyl halides is 8. The highest BCUT2D eigenvalue weighted by molar-refractivity contribution is 7.80. The maximum atomic E-state index is 13.0. The summed E-state index contributed by atoms with van der Waals surface area (Å²) in [6, 6.07) is 0. The quantitative estimate of drug-likeness (QED) is 0.545. The van der Waals surface area contributed by atoms with Gasteiger partial charge >= 0.3 is 12.4 Å². The summed E-state index contributed by atoms with van der Waals surface area (Å²) in [5.41, 5.74) is -6.12. The topological polar surface area (TPSA) is 0 Å². The van der Waals surface area contributed by atoms with Crippen molar-refractivity contribution >= 4 is 12.6 Å². The van der Waals surface area contributed by atoms with Gasteiger partial charge in [-0.05, 0) is 26.2 Å². The van der Waals surface area contributed by atoms with E-state index in [0.717, 1.165) is 0 Å². The molecule has 0 aromatic carbocycles. The molecular formula is C9H12F8S. The van der Waals surface area contributed by atoms with Gasteiger partial charge in [0.25, 0.3) is 0 Å². The van der Waals surface area contributed by atoms with Gasteiger partial charge in [-0.3, -0.25) is 0 Å². The van der Waals surface area contributed by atoms with Crippen molar-refractivity contribution in [3.63, 3.8) is 0 Å². The molecule has 0 N–H and O–H groups in total. The fourth-order valence-electron chi connectivity index (χ4n) is 1.25. The lowest BCUT2D eigenvalue weighted by atomic mass is 9.95. The van der Waals surface area contributed by atoms with Crippen LogP contribution >= 0.6 is 12.6 Å². The molecule has 0 aliphatic heterocycles. The van der Waals surface area contributed by atoms with Crippen LogP contribution in [0.1, 0.15) is 26.2 Å². The van der Waals surface area contributed by atoms with E-state index in [1.165, 1.54) is 0 Å². The van der Waals surface area contributed by atoms with Crippen molar-refractivity contribution in [2.75, 3.05) is 0 Å². The van der Waals surface area contributed by atoms with Gasteiger partial charge in [0.15, 0.2) is 5.50 Å². The Bertz CT molecular complexity index is 254. The zero-order valence-corrected chi connectivity index (χ0v) is 10.1. The van der Waals surface area contributed by atoms with E-state index in [2.05, 4.69) is 12.6 Å². The van der Waals surface area contributed by atoms with E-state index in [9.17, 15) is 35.1 Å². The zero-order chi connectivity index (χ0) is 14.8. The Morgan fingerprint density at radius 3 is 1.72 bits per heavy atom. The summed E-state index contributed by atoms with van der Waals surface area (Å²) in [5.74, 6) is -2.50. The Balaban J connectivity index is 4.42. The van der Waals surface area contributed by atoms with Gasteiger partial charge in [0.2, 0.25) is 5.67 Å². The molecule has 3 unspecified atom stereocenters. The Morgan fingerprint density at radius 2 is 1.44 bits per heavy atom. The molecule has 18 heavy (non-hydrogen) atoms. The second-order valence-corrected chi connectivity index (χ2v) is 4.60. The van der Waals surface area contributed by atoms with Crippen molar-refractivity contribution in [1.29, 1.82) is 0 Å². The highest BCUT2D eigenvalue weighted by atomic mass is 32.1. The van der Waals surface area contributed by atoms with Gasteiger partial charge in [0, 0.05) is 0 Å². The van der Waals surface area contributed by atoms with E-state index in [4.69, 9.17) is 0 Å². The fraction of sp³-hybridized carbons (Fsp3) is 1.00. The van der Waals surface area contributed by atoms with Gasteiger partial charge in [-0.2, -0.15) is 26.3 Å². The van der Waals surface area contributed by atoms with Crippen LogP contribution in [-0.2, 0) is 0 Å². The first-order valence-electron chi connectivity index (χ1n) is 4.93. The van der Waals surface area contributed by atoms with Crippen molar-refractivity contribution in [2.24, 2.45) is 5.92 Å². The summed E-state index contributed by atoms with van der Waals surface area (Å²) in [6.07, 6.45) is -12.9. The molecule has 110 valence electrons. The lowest BCUT2D eigenvalue weighted by Crippen LogP contribution is -2.38. The molecule has 0 aliphatic carbocycles. The molecule has 3 atom stereocenters. The Labute approximate surface area is 104 Å². The maximum Gasteiger partial charge on any atom is 0.422 e. The van der Waals surface area contributed by atoms with E-state index >= 15 is 0 Å². The monoisotopic (exact) mass is 304 g/mol. The lowest BCUT2D eigenvalue weighted by molar-refractivity contribution is -0.227. The zero-order valence-electron chi connectivity index (χ0n) is 9.25. The van der Waals surface area contributed by atoms with E-state index in [-0.39, 0.29) is 6.92 Å². The summed E-state index contributed by atoms with van der Waals surface area (Å²) in [6.45, 7) is 0.239. The van der Waals surface area contributed by atoms with Crippen LogP contribution in [0.2, 0.25) is 0 Å². The standard InChI is InChI=1S/C9H12F8S/c1-7(11,9(15,16)17)4-2-3-5(6(10)18)8(12,13)14/h5-6,18H,2-4H2,1H3. The molecule has 0 aliphatic rings. The molecule has 0 aromatic heterocycles. The minimum Gasteiger partial charge on any atom is -0.235 e. The predicted molar refractivity (Wildman–Crippen MR) is 52.8 cm³/mol. The molecule has 0 saturated carbocycles. The van der Waals surface area contributed by atoms with Crippen LogP contribution in [-0.4, -0.2) is 23.5 Å². The molecule has 0 bridgehead atoms. The highest BCUT2D eigenvalue weighted by Gasteiger charge is 2.52. The van der Waals surface area contributed by atoms with Gasteiger partial charge in [-0.1, -0.05) is 0 Å². The summed E-state index contributed by atoms with van der Waals surface area (Å²) in [5, 5.41) is 0. The number of rotatable bonds is 5. The normalized spacial score (nSPS) is 20.3. The third-order valence-electron chi connectivity index (χ3n) is 2.50. The average Bonchev–Trinajstić information content (AvgIpc) is 2.07. The summed E-state index contributed by atoms with van der Waals surface area (Å²) in [4.78, 5) is 0. The second kappa shape index (κ2) is 5.83. The Hall–Kier alpha value is -0.210. The van der Waals surface area contributed by atoms with Crippen LogP contribution in [0.5, 0.6) is 0 Å². The molecule has 0 rings (SSSR count). The van der Waals surface area contributed by atoms with Gasteiger partial charge in [0.1, 0.15) is 0 Å². The number of thiol groups is 1. The third kappa shape index (κ3) is 5.19. The molecule has 0 radical (unpaired) electrons. The summed E-state index contributed by atoms with van der Waals surface area (Å²) >= 11 is 2.99. The van der Waals surface area contributed by atoms with Crippen LogP contribution in [0.3, 0.4) is 0 Å². The van der Waals surface area contributed by atoms with Crippen LogP contribution in [0.15, 0.2) is 0 Å². The van der Waals surface area contributed by atoms with Crippen molar-refractivity contribution in [3.8, 4) is 0 Å². The second-order valence-electron chi connectivity index (χ2n) is 4.11. The minimum atomic E-state index is -5.16. The fourth-order valence-corrected chi connectivity index (χ4v) is 1.57. The molecule has 0 fully saturated rings. The van der Waals surface area contributed by atoms with Crippen LogP contribution in [0, 0.1) is 5.92 Å².